The molecule has 0 fully saturated rings. The molecule has 9 heteroatoms. The zero-order valence-corrected chi connectivity index (χ0v) is 16.6. The van der Waals surface area contributed by atoms with Crippen molar-refractivity contribution in [2.24, 2.45) is 0 Å². The van der Waals surface area contributed by atoms with E-state index in [1.165, 1.54) is 16.9 Å². The lowest BCUT2D eigenvalue weighted by Crippen LogP contribution is -2.45. The summed E-state index contributed by atoms with van der Waals surface area (Å²) in [4.78, 5) is 42.1. The molecule has 3 rings (SSSR count). The third-order valence-corrected chi connectivity index (χ3v) is 5.21. The van der Waals surface area contributed by atoms with Gasteiger partial charge in [0.2, 0.25) is 5.91 Å². The van der Waals surface area contributed by atoms with Crippen molar-refractivity contribution in [2.75, 3.05) is 40.8 Å². The monoisotopic (exact) mass is 397 g/mol. The Morgan fingerprint density at radius 3 is 2.79 bits per heavy atom. The fourth-order valence-corrected chi connectivity index (χ4v) is 3.56. The topological polar surface area (TPSA) is 106 Å². The number of amides is 4. The Morgan fingerprint density at radius 2 is 2.10 bits per heavy atom. The minimum Gasteiger partial charge on any atom is -0.496 e. The van der Waals surface area contributed by atoms with E-state index in [2.05, 4.69) is 5.32 Å². The number of rotatable bonds is 6. The summed E-state index contributed by atoms with van der Waals surface area (Å²) in [5, 5.41) is 11.6. The zero-order chi connectivity index (χ0) is 21.1. The number of hydrogen-bond donors (Lipinski definition) is 1. The highest BCUT2D eigenvalue weighted by molar-refractivity contribution is 6.01. The third-order valence-electron chi connectivity index (χ3n) is 5.21. The maximum Gasteiger partial charge on any atom is 0.322 e. The molecule has 1 aromatic rings. The number of benzene rings is 1. The highest BCUT2D eigenvalue weighted by atomic mass is 16.5. The average Bonchev–Trinajstić information content (AvgIpc) is 3.05. The summed E-state index contributed by atoms with van der Waals surface area (Å²) in [7, 11) is 4.71. The van der Waals surface area contributed by atoms with E-state index >= 15 is 0 Å². The van der Waals surface area contributed by atoms with Crippen molar-refractivity contribution in [3.63, 3.8) is 0 Å². The smallest absolute Gasteiger partial charge is 0.322 e. The molecular formula is C20H23N5O4. The molecule has 0 radical (unpaired) electrons. The van der Waals surface area contributed by atoms with Crippen molar-refractivity contribution in [1.29, 1.82) is 5.26 Å². The highest BCUT2D eigenvalue weighted by Gasteiger charge is 2.43. The lowest BCUT2D eigenvalue weighted by atomic mass is 9.95. The molecule has 0 spiro atoms. The van der Waals surface area contributed by atoms with Crippen LogP contribution in [0.15, 0.2) is 35.5 Å². The molecule has 1 unspecified atom stereocenters. The van der Waals surface area contributed by atoms with Crippen LogP contribution in [0.4, 0.5) is 4.79 Å². The maximum atomic E-state index is 13.2. The molecule has 9 nitrogen and oxygen atoms in total. The molecule has 1 aromatic carbocycles. The molecule has 4 amide bonds. The number of nitrogens with zero attached hydrogens (tertiary/aromatic N) is 4. The molecule has 2 aliphatic rings. The number of nitrogens with one attached hydrogen (secondary N) is 1. The Labute approximate surface area is 169 Å². The fraction of sp³-hybridized carbons (Fsp3) is 0.400. The number of methoxy groups -OCH3 is 1. The van der Waals surface area contributed by atoms with Gasteiger partial charge < -0.3 is 19.9 Å². The normalized spacial score (nSPS) is 18.3. The summed E-state index contributed by atoms with van der Waals surface area (Å²) in [5.41, 5.74) is 1.80. The standard InChI is InChI=1S/C20H23N5O4/c1-23(11-9-21)16(26)8-10-25-12-14-17(19(25)27)18(22-20(28)24(14)2)13-6-4-5-7-15(13)29-3/h4-7,18H,8,10-12H2,1-3H3,(H,22,28). The van der Waals surface area contributed by atoms with E-state index in [0.29, 0.717) is 22.6 Å². The van der Waals surface area contributed by atoms with Crippen LogP contribution in [0, 0.1) is 11.3 Å². The minimum absolute atomic E-state index is 0.00142. The van der Waals surface area contributed by atoms with E-state index in [4.69, 9.17) is 10.00 Å². The number of urea groups is 1. The van der Waals surface area contributed by atoms with Crippen molar-refractivity contribution in [2.45, 2.75) is 12.5 Å². The Bertz CT molecular complexity index is 920. The predicted octanol–water partition coefficient (Wildman–Crippen LogP) is 0.860. The molecule has 1 atom stereocenters. The molecule has 0 bridgehead atoms. The van der Waals surface area contributed by atoms with Crippen molar-refractivity contribution in [3.8, 4) is 11.8 Å². The van der Waals surface area contributed by atoms with Crippen molar-refractivity contribution in [1.82, 2.24) is 20.0 Å². The van der Waals surface area contributed by atoms with Crippen LogP contribution in [-0.2, 0) is 9.59 Å². The van der Waals surface area contributed by atoms with E-state index in [-0.39, 0.29) is 43.9 Å². The van der Waals surface area contributed by atoms with Gasteiger partial charge in [0.25, 0.3) is 5.91 Å². The van der Waals surface area contributed by atoms with Crippen molar-refractivity contribution in [3.05, 3.63) is 41.1 Å². The van der Waals surface area contributed by atoms with E-state index in [9.17, 15) is 14.4 Å². The van der Waals surface area contributed by atoms with Crippen LogP contribution in [0.1, 0.15) is 18.0 Å². The molecule has 2 aliphatic heterocycles. The second-order valence-corrected chi connectivity index (χ2v) is 6.93. The van der Waals surface area contributed by atoms with Gasteiger partial charge in [-0.25, -0.2) is 4.79 Å². The molecule has 0 saturated heterocycles. The summed E-state index contributed by atoms with van der Waals surface area (Å²) in [6.45, 7) is 0.457. The second-order valence-electron chi connectivity index (χ2n) is 6.93. The van der Waals surface area contributed by atoms with Gasteiger partial charge >= 0.3 is 6.03 Å². The number of carbonyl (C=O) groups is 3. The van der Waals surface area contributed by atoms with Gasteiger partial charge in [-0.1, -0.05) is 18.2 Å². The molecule has 29 heavy (non-hydrogen) atoms. The van der Waals surface area contributed by atoms with Crippen LogP contribution in [0.25, 0.3) is 0 Å². The summed E-state index contributed by atoms with van der Waals surface area (Å²) < 4.78 is 5.41. The predicted molar refractivity (Wildman–Crippen MR) is 104 cm³/mol. The van der Waals surface area contributed by atoms with Crippen LogP contribution < -0.4 is 10.1 Å². The van der Waals surface area contributed by atoms with Crippen molar-refractivity contribution >= 4 is 17.8 Å². The first kappa shape index (κ1) is 20.2. The Kier molecular flexibility index (Phi) is 5.73. The van der Waals surface area contributed by atoms with Gasteiger partial charge in [-0.2, -0.15) is 5.26 Å². The summed E-state index contributed by atoms with van der Waals surface area (Å²) >= 11 is 0. The van der Waals surface area contributed by atoms with Crippen LogP contribution in [-0.4, -0.2) is 73.4 Å². The lowest BCUT2D eigenvalue weighted by molar-refractivity contribution is -0.131. The van der Waals surface area contributed by atoms with Gasteiger partial charge in [-0.05, 0) is 6.07 Å². The Hall–Kier alpha value is -3.54. The third kappa shape index (κ3) is 3.74. The Balaban J connectivity index is 1.84. The first-order chi connectivity index (χ1) is 13.9. The van der Waals surface area contributed by atoms with Gasteiger partial charge in [0.15, 0.2) is 0 Å². The molecule has 2 heterocycles. The lowest BCUT2D eigenvalue weighted by Gasteiger charge is -2.31. The average molecular weight is 397 g/mol. The second kappa shape index (κ2) is 8.22. The summed E-state index contributed by atoms with van der Waals surface area (Å²) in [6, 6.07) is 8.23. The first-order valence-electron chi connectivity index (χ1n) is 9.19. The van der Waals surface area contributed by atoms with Gasteiger partial charge in [-0.3, -0.25) is 14.5 Å². The minimum atomic E-state index is -0.626. The van der Waals surface area contributed by atoms with Crippen LogP contribution >= 0.6 is 0 Å². The molecular weight excluding hydrogens is 374 g/mol. The summed E-state index contributed by atoms with van der Waals surface area (Å²) in [6.07, 6.45) is 0.106. The van der Waals surface area contributed by atoms with E-state index in [1.54, 1.807) is 25.1 Å². The van der Waals surface area contributed by atoms with E-state index in [0.717, 1.165) is 0 Å². The number of carbonyl (C=O) groups excluding carboxylic acids is 3. The van der Waals surface area contributed by atoms with Crippen LogP contribution in [0.3, 0.4) is 0 Å². The first-order valence-corrected chi connectivity index (χ1v) is 9.19. The number of likely N-dealkylation sites (N-methyl/N-ethyl adjacent to an activating group) is 1. The van der Waals surface area contributed by atoms with Crippen LogP contribution in [0.2, 0.25) is 0 Å². The Morgan fingerprint density at radius 1 is 1.38 bits per heavy atom. The van der Waals surface area contributed by atoms with Crippen molar-refractivity contribution < 1.29 is 19.1 Å². The van der Waals surface area contributed by atoms with Gasteiger partial charge in [-0.15, -0.1) is 0 Å². The van der Waals surface area contributed by atoms with Gasteiger partial charge in [0.05, 0.1) is 37.0 Å². The molecule has 1 N–H and O–H groups in total. The molecule has 0 aromatic heterocycles. The number of nitriles is 1. The molecule has 152 valence electrons. The van der Waals surface area contributed by atoms with E-state index in [1.807, 2.05) is 24.3 Å². The quantitative estimate of drug-likeness (QED) is 0.717. The largest absolute Gasteiger partial charge is 0.496 e. The number of para-hydroxylation sites is 1. The van der Waals surface area contributed by atoms with Gasteiger partial charge in [0.1, 0.15) is 12.3 Å². The highest BCUT2D eigenvalue weighted by Crippen LogP contribution is 2.38. The molecule has 0 saturated carbocycles. The number of ether oxygens (including phenoxy) is 1. The maximum absolute atomic E-state index is 13.2. The fourth-order valence-electron chi connectivity index (χ4n) is 3.56. The molecule has 0 aliphatic carbocycles. The SMILES string of the molecule is COc1ccccc1C1NC(=O)N(C)C2=C1C(=O)N(CCC(=O)N(C)CC#N)C2. The van der Waals surface area contributed by atoms with Gasteiger partial charge in [0, 0.05) is 32.6 Å². The van der Waals surface area contributed by atoms with Crippen LogP contribution in [0.5, 0.6) is 5.75 Å². The zero-order valence-electron chi connectivity index (χ0n) is 16.6. The summed E-state index contributed by atoms with van der Waals surface area (Å²) in [5.74, 6) is 0.139. The number of hydrogen-bond acceptors (Lipinski definition) is 5. The van der Waals surface area contributed by atoms with E-state index < -0.39 is 6.04 Å².